The van der Waals surface area contributed by atoms with Crippen molar-refractivity contribution in [2.75, 3.05) is 0 Å². The fourth-order valence-corrected chi connectivity index (χ4v) is 3.24. The van der Waals surface area contributed by atoms with E-state index in [0.717, 1.165) is 21.3 Å². The summed E-state index contributed by atoms with van der Waals surface area (Å²) in [5.41, 5.74) is 2.35. The number of carbonyl (C=O) groups is 1. The van der Waals surface area contributed by atoms with Crippen LogP contribution in [0.1, 0.15) is 15.5 Å². The number of hydrogen-bond acceptors (Lipinski definition) is 4. The van der Waals surface area contributed by atoms with Crippen molar-refractivity contribution in [1.82, 2.24) is 20.3 Å². The lowest BCUT2D eigenvalue weighted by Crippen LogP contribution is -2.22. The van der Waals surface area contributed by atoms with Crippen LogP contribution in [0.5, 0.6) is 0 Å². The zero-order valence-electron chi connectivity index (χ0n) is 11.8. The fourth-order valence-electron chi connectivity index (χ4n) is 2.39. The maximum absolute atomic E-state index is 13.2. The number of pyridine rings is 1. The van der Waals surface area contributed by atoms with Gasteiger partial charge in [0.25, 0.3) is 5.91 Å². The molecule has 0 saturated carbocycles. The van der Waals surface area contributed by atoms with Crippen LogP contribution in [0.4, 0.5) is 4.39 Å². The Balaban J connectivity index is 1.51. The number of halogens is 1. The number of nitrogens with one attached hydrogen (secondary N) is 2. The summed E-state index contributed by atoms with van der Waals surface area (Å²) >= 11 is 1.32. The smallest absolute Gasteiger partial charge is 0.280 e. The number of thiazole rings is 1. The molecule has 0 radical (unpaired) electrons. The molecule has 0 spiro atoms. The second kappa shape index (κ2) is 5.44. The normalized spacial score (nSPS) is 11.2. The van der Waals surface area contributed by atoms with E-state index in [1.165, 1.54) is 23.5 Å². The zero-order valence-corrected chi connectivity index (χ0v) is 12.7. The van der Waals surface area contributed by atoms with Gasteiger partial charge in [0.2, 0.25) is 0 Å². The third kappa shape index (κ3) is 2.66. The number of hydrogen-bond donors (Lipinski definition) is 2. The van der Waals surface area contributed by atoms with Crippen LogP contribution in [-0.4, -0.2) is 20.9 Å². The third-order valence-corrected chi connectivity index (χ3v) is 4.50. The van der Waals surface area contributed by atoms with E-state index in [1.54, 1.807) is 18.5 Å². The summed E-state index contributed by atoms with van der Waals surface area (Å²) in [7, 11) is 0. The van der Waals surface area contributed by atoms with Crippen LogP contribution >= 0.6 is 11.3 Å². The molecule has 3 heterocycles. The van der Waals surface area contributed by atoms with E-state index < -0.39 is 0 Å². The minimum atomic E-state index is -0.282. The molecule has 0 fully saturated rings. The highest BCUT2D eigenvalue weighted by atomic mass is 32.1. The highest BCUT2D eigenvalue weighted by molar-refractivity contribution is 7.20. The van der Waals surface area contributed by atoms with E-state index in [0.29, 0.717) is 17.1 Å². The van der Waals surface area contributed by atoms with Gasteiger partial charge in [-0.2, -0.15) is 0 Å². The van der Waals surface area contributed by atoms with Crippen LogP contribution in [0.2, 0.25) is 0 Å². The largest absolute Gasteiger partial charge is 0.357 e. The zero-order chi connectivity index (χ0) is 15.8. The number of aromatic amines is 1. The van der Waals surface area contributed by atoms with E-state index in [2.05, 4.69) is 20.3 Å². The molecular formula is C16H11FN4OS. The molecule has 0 aliphatic heterocycles. The molecule has 23 heavy (non-hydrogen) atoms. The number of nitrogens with zero attached hydrogens (tertiary/aromatic N) is 2. The van der Waals surface area contributed by atoms with Gasteiger partial charge in [0, 0.05) is 22.8 Å². The maximum atomic E-state index is 13.2. The molecule has 0 bridgehead atoms. The van der Waals surface area contributed by atoms with E-state index >= 15 is 0 Å². The number of H-pyrrole nitrogens is 1. The SMILES string of the molecule is O=C(NCc1cc2cc(F)ccc2[nH]1)c1nc2cnccc2s1. The molecule has 0 unspecified atom stereocenters. The Labute approximate surface area is 134 Å². The van der Waals surface area contributed by atoms with Crippen molar-refractivity contribution in [2.45, 2.75) is 6.54 Å². The molecule has 3 aromatic heterocycles. The van der Waals surface area contributed by atoms with Gasteiger partial charge in [-0.05, 0) is 30.3 Å². The molecule has 4 rings (SSSR count). The number of amides is 1. The lowest BCUT2D eigenvalue weighted by atomic mass is 10.2. The third-order valence-electron chi connectivity index (χ3n) is 3.46. The fraction of sp³-hybridized carbons (Fsp3) is 0.0625. The Kier molecular flexibility index (Phi) is 3.27. The highest BCUT2D eigenvalue weighted by Crippen LogP contribution is 2.21. The van der Waals surface area contributed by atoms with E-state index in [1.807, 2.05) is 12.1 Å². The van der Waals surface area contributed by atoms with E-state index in [4.69, 9.17) is 0 Å². The number of fused-ring (bicyclic) bond motifs is 2. The summed E-state index contributed by atoms with van der Waals surface area (Å²) < 4.78 is 14.1. The minimum Gasteiger partial charge on any atom is -0.357 e. The molecule has 0 saturated heterocycles. The number of rotatable bonds is 3. The number of aromatic nitrogens is 3. The summed E-state index contributed by atoms with van der Waals surface area (Å²) in [4.78, 5) is 23.6. The van der Waals surface area contributed by atoms with Crippen LogP contribution < -0.4 is 5.32 Å². The molecule has 114 valence electrons. The molecule has 2 N–H and O–H groups in total. The van der Waals surface area contributed by atoms with Gasteiger partial charge in [-0.25, -0.2) is 9.37 Å². The first-order chi connectivity index (χ1) is 11.2. The van der Waals surface area contributed by atoms with Gasteiger partial charge in [0.05, 0.1) is 17.4 Å². The predicted octanol–water partition coefficient (Wildman–Crippen LogP) is 3.24. The van der Waals surface area contributed by atoms with Crippen LogP contribution in [0, 0.1) is 5.82 Å². The van der Waals surface area contributed by atoms with Gasteiger partial charge in [0.1, 0.15) is 11.3 Å². The molecule has 1 amide bonds. The first-order valence-electron chi connectivity index (χ1n) is 6.95. The molecular weight excluding hydrogens is 315 g/mol. The first kappa shape index (κ1) is 13.8. The van der Waals surface area contributed by atoms with Crippen molar-refractivity contribution in [3.8, 4) is 0 Å². The summed E-state index contributed by atoms with van der Waals surface area (Å²) in [5.74, 6) is -0.522. The van der Waals surface area contributed by atoms with Gasteiger partial charge in [-0.1, -0.05) is 0 Å². The molecule has 0 aliphatic rings. The van der Waals surface area contributed by atoms with E-state index in [9.17, 15) is 9.18 Å². The standard InChI is InChI=1S/C16H11FN4OS/c17-10-1-2-12-9(5-10)6-11(20-12)7-19-15(22)16-21-13-8-18-4-3-14(13)23-16/h1-6,8,20H,7H2,(H,19,22). The molecule has 0 atom stereocenters. The van der Waals surface area contributed by atoms with Crippen LogP contribution in [0.3, 0.4) is 0 Å². The van der Waals surface area contributed by atoms with Crippen molar-refractivity contribution >= 4 is 38.4 Å². The number of benzene rings is 1. The minimum absolute atomic E-state index is 0.240. The van der Waals surface area contributed by atoms with Crippen molar-refractivity contribution in [3.63, 3.8) is 0 Å². The molecule has 0 aliphatic carbocycles. The van der Waals surface area contributed by atoms with Crippen LogP contribution in [0.15, 0.2) is 42.7 Å². The monoisotopic (exact) mass is 326 g/mol. The average molecular weight is 326 g/mol. The van der Waals surface area contributed by atoms with Gasteiger partial charge < -0.3 is 10.3 Å². The first-order valence-corrected chi connectivity index (χ1v) is 7.76. The summed E-state index contributed by atoms with van der Waals surface area (Å²) in [5, 5.41) is 3.99. The summed E-state index contributed by atoms with van der Waals surface area (Å²) in [6.45, 7) is 0.323. The van der Waals surface area contributed by atoms with Gasteiger partial charge >= 0.3 is 0 Å². The molecule has 7 heteroatoms. The lowest BCUT2D eigenvalue weighted by molar-refractivity contribution is 0.0950. The predicted molar refractivity (Wildman–Crippen MR) is 86.8 cm³/mol. The summed E-state index contributed by atoms with van der Waals surface area (Å²) in [6, 6.07) is 8.18. The second-order valence-electron chi connectivity index (χ2n) is 5.07. The maximum Gasteiger partial charge on any atom is 0.280 e. The van der Waals surface area contributed by atoms with E-state index in [-0.39, 0.29) is 11.7 Å². The highest BCUT2D eigenvalue weighted by Gasteiger charge is 2.12. The van der Waals surface area contributed by atoms with Crippen LogP contribution in [-0.2, 0) is 6.54 Å². The average Bonchev–Trinajstić information content (AvgIpc) is 3.15. The summed E-state index contributed by atoms with van der Waals surface area (Å²) in [6.07, 6.45) is 3.31. The second-order valence-corrected chi connectivity index (χ2v) is 6.10. The molecule has 5 nitrogen and oxygen atoms in total. The molecule has 1 aromatic carbocycles. The van der Waals surface area contributed by atoms with Crippen molar-refractivity contribution in [1.29, 1.82) is 0 Å². The van der Waals surface area contributed by atoms with Crippen molar-refractivity contribution in [2.24, 2.45) is 0 Å². The quantitative estimate of drug-likeness (QED) is 0.607. The van der Waals surface area contributed by atoms with Crippen LogP contribution in [0.25, 0.3) is 21.1 Å². The lowest BCUT2D eigenvalue weighted by Gasteiger charge is -2.00. The topological polar surface area (TPSA) is 70.7 Å². The Morgan fingerprint density at radius 1 is 1.30 bits per heavy atom. The van der Waals surface area contributed by atoms with Gasteiger partial charge in [-0.15, -0.1) is 11.3 Å². The van der Waals surface area contributed by atoms with Crippen molar-refractivity contribution in [3.05, 3.63) is 59.2 Å². The van der Waals surface area contributed by atoms with Crippen molar-refractivity contribution < 1.29 is 9.18 Å². The Morgan fingerprint density at radius 2 is 2.22 bits per heavy atom. The Bertz CT molecular complexity index is 990. The van der Waals surface area contributed by atoms with Gasteiger partial charge in [0.15, 0.2) is 5.01 Å². The Hall–Kier alpha value is -2.80. The van der Waals surface area contributed by atoms with Gasteiger partial charge in [-0.3, -0.25) is 9.78 Å². The molecule has 4 aromatic rings. The Morgan fingerprint density at radius 3 is 3.09 bits per heavy atom. The number of carbonyl (C=O) groups excluding carboxylic acids is 1.